The van der Waals surface area contributed by atoms with Gasteiger partial charge in [-0.2, -0.15) is 0 Å². The Morgan fingerprint density at radius 2 is 1.62 bits per heavy atom. The average Bonchev–Trinajstić information content (AvgIpc) is 2.66. The van der Waals surface area contributed by atoms with Gasteiger partial charge in [0.2, 0.25) is 0 Å². The Morgan fingerprint density at radius 1 is 0.923 bits per heavy atom. The van der Waals surface area contributed by atoms with Crippen LogP contribution in [0.15, 0.2) is 40.9 Å². The van der Waals surface area contributed by atoms with E-state index in [9.17, 15) is 8.78 Å². The highest BCUT2D eigenvalue weighted by molar-refractivity contribution is 9.10. The lowest BCUT2D eigenvalue weighted by molar-refractivity contribution is 0.303. The van der Waals surface area contributed by atoms with E-state index < -0.39 is 11.6 Å². The van der Waals surface area contributed by atoms with Crippen molar-refractivity contribution in [3.63, 3.8) is 0 Å². The third-order valence-electron chi connectivity index (χ3n) is 5.77. The van der Waals surface area contributed by atoms with Crippen LogP contribution in [0.4, 0.5) is 8.78 Å². The van der Waals surface area contributed by atoms with Gasteiger partial charge in [-0.05, 0) is 76.7 Å². The Balaban J connectivity index is 1.63. The fraction of sp³-hybridized carbons (Fsp3) is 0.478. The van der Waals surface area contributed by atoms with Gasteiger partial charge in [-0.25, -0.2) is 8.78 Å². The molecule has 2 aromatic rings. The molecule has 0 N–H and O–H groups in total. The van der Waals surface area contributed by atoms with Crippen LogP contribution in [0, 0.1) is 17.6 Å². The number of benzene rings is 2. The standard InChI is InChI=1S/C23H27BrF2/c1-2-3-4-5-16-6-8-17(9-7-16)18-10-12-19(13-11-18)20-14-23(26)21(24)15-22(20)25/h10-17H,2-9H2,1H3. The second-order valence-corrected chi connectivity index (χ2v) is 8.44. The average molecular weight is 421 g/mol. The molecule has 0 atom stereocenters. The Morgan fingerprint density at radius 3 is 2.27 bits per heavy atom. The number of halogens is 3. The molecule has 0 radical (unpaired) electrons. The van der Waals surface area contributed by atoms with Crippen LogP contribution in [0.5, 0.6) is 0 Å². The zero-order chi connectivity index (χ0) is 18.5. The van der Waals surface area contributed by atoms with Crippen molar-refractivity contribution in [2.75, 3.05) is 0 Å². The zero-order valence-corrected chi connectivity index (χ0v) is 17.0. The van der Waals surface area contributed by atoms with E-state index in [2.05, 4.69) is 35.0 Å². The van der Waals surface area contributed by atoms with Crippen molar-refractivity contribution in [2.45, 2.75) is 64.2 Å². The summed E-state index contributed by atoms with van der Waals surface area (Å²) in [4.78, 5) is 0. The van der Waals surface area contributed by atoms with E-state index in [1.54, 1.807) is 0 Å². The van der Waals surface area contributed by atoms with E-state index in [1.165, 1.54) is 69.1 Å². The molecule has 0 spiro atoms. The van der Waals surface area contributed by atoms with Crippen LogP contribution in [-0.2, 0) is 0 Å². The number of unbranched alkanes of at least 4 members (excludes halogenated alkanes) is 2. The van der Waals surface area contributed by atoms with Gasteiger partial charge < -0.3 is 0 Å². The first-order chi connectivity index (χ1) is 12.6. The van der Waals surface area contributed by atoms with Crippen molar-refractivity contribution in [3.05, 3.63) is 58.1 Å². The summed E-state index contributed by atoms with van der Waals surface area (Å²) in [6.45, 7) is 2.26. The quantitative estimate of drug-likeness (QED) is 0.325. The second kappa shape index (κ2) is 9.12. The molecule has 0 nitrogen and oxygen atoms in total. The van der Waals surface area contributed by atoms with Gasteiger partial charge in [-0.3, -0.25) is 0 Å². The zero-order valence-electron chi connectivity index (χ0n) is 15.4. The Kier molecular flexibility index (Phi) is 6.86. The molecule has 1 aliphatic rings. The second-order valence-electron chi connectivity index (χ2n) is 7.58. The first kappa shape index (κ1) is 19.5. The van der Waals surface area contributed by atoms with Crippen molar-refractivity contribution >= 4 is 15.9 Å². The topological polar surface area (TPSA) is 0 Å². The molecule has 0 aromatic heterocycles. The summed E-state index contributed by atoms with van der Waals surface area (Å²) >= 11 is 3.03. The van der Waals surface area contributed by atoms with Gasteiger partial charge in [0, 0.05) is 5.56 Å². The van der Waals surface area contributed by atoms with E-state index in [1.807, 2.05) is 12.1 Å². The summed E-state index contributed by atoms with van der Waals surface area (Å²) in [5.41, 5.74) is 2.38. The van der Waals surface area contributed by atoms with Crippen molar-refractivity contribution in [3.8, 4) is 11.1 Å². The molecule has 0 amide bonds. The maximum Gasteiger partial charge on any atom is 0.138 e. The maximum atomic E-state index is 14.1. The van der Waals surface area contributed by atoms with Crippen LogP contribution in [0.25, 0.3) is 11.1 Å². The fourth-order valence-electron chi connectivity index (χ4n) is 4.15. The highest BCUT2D eigenvalue weighted by Gasteiger charge is 2.22. The molecule has 2 aromatic carbocycles. The minimum atomic E-state index is -0.438. The van der Waals surface area contributed by atoms with Crippen LogP contribution in [0.1, 0.15) is 69.8 Å². The molecular formula is C23H27BrF2. The molecule has 3 rings (SSSR count). The molecule has 0 saturated heterocycles. The molecule has 140 valence electrons. The molecule has 1 fully saturated rings. The van der Waals surface area contributed by atoms with E-state index in [0.717, 1.165) is 11.5 Å². The minimum absolute atomic E-state index is 0.158. The molecular weight excluding hydrogens is 394 g/mol. The summed E-state index contributed by atoms with van der Waals surface area (Å²) < 4.78 is 28.1. The van der Waals surface area contributed by atoms with Crippen molar-refractivity contribution < 1.29 is 8.78 Å². The lowest BCUT2D eigenvalue weighted by Crippen LogP contribution is -2.13. The van der Waals surface area contributed by atoms with Gasteiger partial charge in [0.15, 0.2) is 0 Å². The van der Waals surface area contributed by atoms with E-state index >= 15 is 0 Å². The van der Waals surface area contributed by atoms with Gasteiger partial charge in [-0.1, -0.05) is 56.9 Å². The van der Waals surface area contributed by atoms with E-state index in [4.69, 9.17) is 0 Å². The van der Waals surface area contributed by atoms with E-state index in [0.29, 0.717) is 11.5 Å². The molecule has 1 aliphatic carbocycles. The molecule has 3 heteroatoms. The SMILES string of the molecule is CCCCCC1CCC(c2ccc(-c3cc(F)c(Br)cc3F)cc2)CC1. The minimum Gasteiger partial charge on any atom is -0.206 e. The maximum absolute atomic E-state index is 14.1. The summed E-state index contributed by atoms with van der Waals surface area (Å²) in [6, 6.07) is 10.5. The first-order valence-electron chi connectivity index (χ1n) is 9.83. The van der Waals surface area contributed by atoms with Crippen LogP contribution < -0.4 is 0 Å². The van der Waals surface area contributed by atoms with Crippen LogP contribution in [0.2, 0.25) is 0 Å². The lowest BCUT2D eigenvalue weighted by atomic mass is 9.77. The van der Waals surface area contributed by atoms with Gasteiger partial charge in [0.1, 0.15) is 11.6 Å². The summed E-state index contributed by atoms with van der Waals surface area (Å²) in [6.07, 6.45) is 10.5. The molecule has 0 unspecified atom stereocenters. The van der Waals surface area contributed by atoms with Gasteiger partial charge >= 0.3 is 0 Å². The highest BCUT2D eigenvalue weighted by atomic mass is 79.9. The monoisotopic (exact) mass is 420 g/mol. The predicted octanol–water partition coefficient (Wildman–Crippen LogP) is 8.25. The van der Waals surface area contributed by atoms with E-state index in [-0.39, 0.29) is 4.47 Å². The lowest BCUT2D eigenvalue weighted by Gasteiger charge is -2.29. The summed E-state index contributed by atoms with van der Waals surface area (Å²) in [5.74, 6) is 0.667. The van der Waals surface area contributed by atoms with Crippen molar-refractivity contribution in [1.29, 1.82) is 0 Å². The number of rotatable bonds is 6. The van der Waals surface area contributed by atoms with Crippen LogP contribution in [0.3, 0.4) is 0 Å². The molecule has 26 heavy (non-hydrogen) atoms. The Bertz CT molecular complexity index is 716. The Hall–Kier alpha value is -1.22. The smallest absolute Gasteiger partial charge is 0.138 e. The van der Waals surface area contributed by atoms with Gasteiger partial charge in [0.25, 0.3) is 0 Å². The third kappa shape index (κ3) is 4.73. The molecule has 1 saturated carbocycles. The number of hydrogen-bond donors (Lipinski definition) is 0. The molecule has 0 bridgehead atoms. The Labute approximate surface area is 164 Å². The predicted molar refractivity (Wildman–Crippen MR) is 108 cm³/mol. The normalized spacial score (nSPS) is 20.3. The largest absolute Gasteiger partial charge is 0.206 e. The van der Waals surface area contributed by atoms with Gasteiger partial charge in [0.05, 0.1) is 4.47 Å². The van der Waals surface area contributed by atoms with Crippen molar-refractivity contribution in [1.82, 2.24) is 0 Å². The molecule has 0 heterocycles. The summed E-state index contributed by atoms with van der Waals surface area (Å²) in [5, 5.41) is 0. The highest BCUT2D eigenvalue weighted by Crippen LogP contribution is 2.38. The number of hydrogen-bond acceptors (Lipinski definition) is 0. The summed E-state index contributed by atoms with van der Waals surface area (Å²) in [7, 11) is 0. The van der Waals surface area contributed by atoms with Crippen molar-refractivity contribution in [2.24, 2.45) is 5.92 Å². The fourth-order valence-corrected chi connectivity index (χ4v) is 4.46. The first-order valence-corrected chi connectivity index (χ1v) is 10.6. The van der Waals surface area contributed by atoms with Gasteiger partial charge in [-0.15, -0.1) is 0 Å². The third-order valence-corrected chi connectivity index (χ3v) is 6.37. The van der Waals surface area contributed by atoms with Crippen LogP contribution in [-0.4, -0.2) is 0 Å². The molecule has 0 aliphatic heterocycles. The van der Waals surface area contributed by atoms with Crippen LogP contribution >= 0.6 is 15.9 Å².